The molecule has 152 valence electrons. The first-order valence-corrected chi connectivity index (χ1v) is 8.71. The molecular formula is C21H19FO7. The number of Topliss-reactive ketones (excluding diaryl/α,β-unsaturated/α-hetero) is 1. The maximum absolute atomic E-state index is 13.7. The molecule has 0 unspecified atom stereocenters. The van der Waals surface area contributed by atoms with E-state index in [1.807, 2.05) is 0 Å². The second-order valence-electron chi connectivity index (χ2n) is 5.96. The van der Waals surface area contributed by atoms with Crippen LogP contribution in [0.1, 0.15) is 15.9 Å². The lowest BCUT2D eigenvalue weighted by atomic mass is 10.1. The van der Waals surface area contributed by atoms with Crippen molar-refractivity contribution in [1.29, 1.82) is 0 Å². The van der Waals surface area contributed by atoms with Crippen LogP contribution in [0.25, 0.3) is 6.08 Å². The first-order valence-electron chi connectivity index (χ1n) is 8.71. The average molecular weight is 402 g/mol. The number of hydrogen-bond acceptors (Lipinski definition) is 7. The Morgan fingerprint density at radius 3 is 2.55 bits per heavy atom. The fourth-order valence-electron chi connectivity index (χ4n) is 2.66. The Labute approximate surface area is 166 Å². The van der Waals surface area contributed by atoms with Crippen molar-refractivity contribution in [2.24, 2.45) is 0 Å². The Bertz CT molecular complexity index is 935. The van der Waals surface area contributed by atoms with Gasteiger partial charge in [-0.25, -0.2) is 9.18 Å². The van der Waals surface area contributed by atoms with Crippen molar-refractivity contribution in [3.63, 3.8) is 0 Å². The van der Waals surface area contributed by atoms with Crippen LogP contribution in [-0.2, 0) is 9.53 Å². The van der Waals surface area contributed by atoms with E-state index < -0.39 is 24.2 Å². The number of esters is 1. The Balaban J connectivity index is 1.61. The Hall–Kier alpha value is -3.55. The number of rotatable bonds is 7. The Morgan fingerprint density at radius 2 is 1.83 bits per heavy atom. The number of ketones is 1. The van der Waals surface area contributed by atoms with Crippen molar-refractivity contribution >= 4 is 17.8 Å². The van der Waals surface area contributed by atoms with Crippen molar-refractivity contribution in [3.05, 3.63) is 53.4 Å². The summed E-state index contributed by atoms with van der Waals surface area (Å²) in [7, 11) is 2.83. The summed E-state index contributed by atoms with van der Waals surface area (Å²) in [4.78, 5) is 24.0. The molecule has 0 atom stereocenters. The van der Waals surface area contributed by atoms with Crippen molar-refractivity contribution < 1.29 is 37.7 Å². The molecule has 3 rings (SSSR count). The molecule has 0 radical (unpaired) electrons. The van der Waals surface area contributed by atoms with Crippen LogP contribution in [0.3, 0.4) is 0 Å². The van der Waals surface area contributed by atoms with Crippen molar-refractivity contribution in [2.45, 2.75) is 0 Å². The first kappa shape index (κ1) is 20.2. The van der Waals surface area contributed by atoms with E-state index in [2.05, 4.69) is 0 Å². The van der Waals surface area contributed by atoms with E-state index in [0.717, 1.165) is 6.07 Å². The van der Waals surface area contributed by atoms with E-state index in [9.17, 15) is 14.0 Å². The molecule has 0 amide bonds. The van der Waals surface area contributed by atoms with E-state index in [1.165, 1.54) is 38.5 Å². The predicted molar refractivity (Wildman–Crippen MR) is 101 cm³/mol. The molecular weight excluding hydrogens is 383 g/mol. The Kier molecular flexibility index (Phi) is 6.33. The molecule has 0 bridgehead atoms. The smallest absolute Gasteiger partial charge is 0.331 e. The molecule has 1 heterocycles. The number of carbonyl (C=O) groups excluding carboxylic acids is 2. The van der Waals surface area contributed by atoms with E-state index in [0.29, 0.717) is 36.0 Å². The molecule has 0 saturated carbocycles. The third-order valence-electron chi connectivity index (χ3n) is 4.08. The summed E-state index contributed by atoms with van der Waals surface area (Å²) in [6.07, 6.45) is 2.67. The summed E-state index contributed by atoms with van der Waals surface area (Å²) in [5.41, 5.74) is 0.711. The zero-order valence-corrected chi connectivity index (χ0v) is 15.9. The molecule has 7 nitrogen and oxygen atoms in total. The molecule has 0 aromatic heterocycles. The fourth-order valence-corrected chi connectivity index (χ4v) is 2.66. The standard InChI is InChI=1S/C21H19FO7/c1-25-17-5-4-14(11-15(17)22)16(23)12-29-20(24)6-3-13-9-18(26-2)21-19(10-13)27-7-8-28-21/h3-6,9-11H,7-8,12H2,1-2H3/b6-3+. The average Bonchev–Trinajstić information content (AvgIpc) is 2.75. The zero-order chi connectivity index (χ0) is 20.8. The lowest BCUT2D eigenvalue weighted by Crippen LogP contribution is -2.16. The molecule has 8 heteroatoms. The highest BCUT2D eigenvalue weighted by molar-refractivity contribution is 5.99. The quantitative estimate of drug-likeness (QED) is 0.400. The first-order chi connectivity index (χ1) is 14.0. The Morgan fingerprint density at radius 1 is 1.07 bits per heavy atom. The number of halogens is 1. The lowest BCUT2D eigenvalue weighted by Gasteiger charge is -2.20. The van der Waals surface area contributed by atoms with E-state index in [1.54, 1.807) is 12.1 Å². The largest absolute Gasteiger partial charge is 0.494 e. The third kappa shape index (κ3) is 4.84. The summed E-state index contributed by atoms with van der Waals surface area (Å²) >= 11 is 0. The van der Waals surface area contributed by atoms with Crippen LogP contribution in [0.5, 0.6) is 23.0 Å². The molecule has 0 N–H and O–H groups in total. The SMILES string of the molecule is COc1ccc(C(=O)COC(=O)/C=C/c2cc(OC)c3c(c2)OCCO3)cc1F. The molecule has 0 aliphatic carbocycles. The number of fused-ring (bicyclic) bond motifs is 1. The molecule has 29 heavy (non-hydrogen) atoms. The highest BCUT2D eigenvalue weighted by Crippen LogP contribution is 2.40. The molecule has 1 aliphatic heterocycles. The molecule has 0 fully saturated rings. The van der Waals surface area contributed by atoms with Gasteiger partial charge in [0.05, 0.1) is 14.2 Å². The zero-order valence-electron chi connectivity index (χ0n) is 15.9. The minimum atomic E-state index is -0.721. The van der Waals surface area contributed by atoms with Crippen LogP contribution in [0.15, 0.2) is 36.4 Å². The fraction of sp³-hybridized carbons (Fsp3) is 0.238. The molecule has 1 aliphatic rings. The molecule has 0 saturated heterocycles. The van der Waals surface area contributed by atoms with Crippen LogP contribution < -0.4 is 18.9 Å². The van der Waals surface area contributed by atoms with E-state index in [4.69, 9.17) is 23.7 Å². The topological polar surface area (TPSA) is 80.3 Å². The van der Waals surface area contributed by atoms with Crippen LogP contribution in [-0.4, -0.2) is 45.8 Å². The molecule has 2 aromatic rings. The number of benzene rings is 2. The van der Waals surface area contributed by atoms with Gasteiger partial charge < -0.3 is 23.7 Å². The highest BCUT2D eigenvalue weighted by Gasteiger charge is 2.18. The monoisotopic (exact) mass is 402 g/mol. The lowest BCUT2D eigenvalue weighted by molar-refractivity contribution is -0.136. The van der Waals surface area contributed by atoms with Gasteiger partial charge in [0.15, 0.2) is 35.5 Å². The van der Waals surface area contributed by atoms with Gasteiger partial charge in [-0.05, 0) is 42.0 Å². The van der Waals surface area contributed by atoms with Gasteiger partial charge in [0.25, 0.3) is 0 Å². The maximum atomic E-state index is 13.7. The summed E-state index contributed by atoms with van der Waals surface area (Å²) in [6.45, 7) is 0.329. The van der Waals surface area contributed by atoms with Gasteiger partial charge >= 0.3 is 5.97 Å². The second kappa shape index (κ2) is 9.09. The van der Waals surface area contributed by atoms with E-state index in [-0.39, 0.29) is 11.3 Å². The molecule has 0 spiro atoms. The van der Waals surface area contributed by atoms with Gasteiger partial charge in [-0.1, -0.05) is 0 Å². The third-order valence-corrected chi connectivity index (χ3v) is 4.08. The van der Waals surface area contributed by atoms with Crippen LogP contribution in [0.2, 0.25) is 0 Å². The minimum absolute atomic E-state index is 0.0244. The van der Waals surface area contributed by atoms with Crippen LogP contribution >= 0.6 is 0 Å². The summed E-state index contributed by atoms with van der Waals surface area (Å²) < 4.78 is 39.7. The molecule has 2 aromatic carbocycles. The summed E-state index contributed by atoms with van der Waals surface area (Å²) in [5, 5.41) is 0. The van der Waals surface area contributed by atoms with Crippen LogP contribution in [0, 0.1) is 5.82 Å². The number of hydrogen-bond donors (Lipinski definition) is 0. The van der Waals surface area contributed by atoms with Gasteiger partial charge in [-0.3, -0.25) is 4.79 Å². The minimum Gasteiger partial charge on any atom is -0.494 e. The summed E-state index contributed by atoms with van der Waals surface area (Å²) in [5.74, 6) is -0.396. The van der Waals surface area contributed by atoms with Crippen molar-refractivity contribution in [1.82, 2.24) is 0 Å². The van der Waals surface area contributed by atoms with Gasteiger partial charge in [-0.15, -0.1) is 0 Å². The normalized spacial score (nSPS) is 12.5. The van der Waals surface area contributed by atoms with Gasteiger partial charge in [0.1, 0.15) is 13.2 Å². The van der Waals surface area contributed by atoms with Gasteiger partial charge in [-0.2, -0.15) is 0 Å². The number of methoxy groups -OCH3 is 2. The summed E-state index contributed by atoms with van der Waals surface area (Å²) in [6, 6.07) is 7.15. The number of carbonyl (C=O) groups is 2. The van der Waals surface area contributed by atoms with E-state index >= 15 is 0 Å². The van der Waals surface area contributed by atoms with Gasteiger partial charge in [0.2, 0.25) is 5.75 Å². The maximum Gasteiger partial charge on any atom is 0.331 e. The number of ether oxygens (including phenoxy) is 5. The highest BCUT2D eigenvalue weighted by atomic mass is 19.1. The van der Waals surface area contributed by atoms with Crippen molar-refractivity contribution in [2.75, 3.05) is 34.0 Å². The van der Waals surface area contributed by atoms with Crippen LogP contribution in [0.4, 0.5) is 4.39 Å². The van der Waals surface area contributed by atoms with Gasteiger partial charge in [0, 0.05) is 11.6 Å². The second-order valence-corrected chi connectivity index (χ2v) is 5.96. The van der Waals surface area contributed by atoms with Crippen molar-refractivity contribution in [3.8, 4) is 23.0 Å². The predicted octanol–water partition coefficient (Wildman–Crippen LogP) is 3.05.